The maximum Gasteiger partial charge on any atom is 0.407 e. The lowest BCUT2D eigenvalue weighted by Gasteiger charge is -2.11. The van der Waals surface area contributed by atoms with E-state index in [2.05, 4.69) is 10.1 Å². The number of carbonyl (C=O) groups is 2. The Balaban J connectivity index is 2.10. The molecule has 0 heterocycles. The van der Waals surface area contributed by atoms with Gasteiger partial charge in [0.25, 0.3) is 0 Å². The molecule has 138 valence electrons. The number of carboxylic acids is 1. The second kappa shape index (κ2) is 9.28. The molecule has 2 rings (SSSR count). The summed E-state index contributed by atoms with van der Waals surface area (Å²) in [5, 5.41) is 11.8. The average molecular weight is 361 g/mol. The number of hydrogen-bond donors (Lipinski definition) is 2. The van der Waals surface area contributed by atoms with E-state index in [0.29, 0.717) is 23.8 Å². The molecular formula is C18H19NO7. The number of methoxy groups -OCH3 is 2. The largest absolute Gasteiger partial charge is 0.478 e. The fraction of sp³-hybridized carbons (Fsp3) is 0.222. The molecule has 2 N–H and O–H groups in total. The van der Waals surface area contributed by atoms with E-state index >= 15 is 0 Å². The van der Waals surface area contributed by atoms with Crippen LogP contribution in [0.5, 0.6) is 17.2 Å². The molecule has 1 amide bonds. The molecule has 26 heavy (non-hydrogen) atoms. The first-order valence-electron chi connectivity index (χ1n) is 7.60. The minimum absolute atomic E-state index is 0.00952. The van der Waals surface area contributed by atoms with E-state index in [1.165, 1.54) is 26.4 Å². The Labute approximate surface area is 150 Å². The summed E-state index contributed by atoms with van der Waals surface area (Å²) >= 11 is 0. The van der Waals surface area contributed by atoms with Gasteiger partial charge < -0.3 is 29.4 Å². The van der Waals surface area contributed by atoms with E-state index in [9.17, 15) is 14.7 Å². The second-order valence-electron chi connectivity index (χ2n) is 5.14. The number of carboxylic acid groups (broad SMARTS) is 1. The normalized spacial score (nSPS) is 10.1. The van der Waals surface area contributed by atoms with E-state index < -0.39 is 12.1 Å². The van der Waals surface area contributed by atoms with E-state index in [1.54, 1.807) is 30.3 Å². The molecule has 0 unspecified atom stereocenters. The molecule has 0 spiro atoms. The van der Waals surface area contributed by atoms with Gasteiger partial charge in [0, 0.05) is 19.7 Å². The predicted octanol–water partition coefficient (Wildman–Crippen LogP) is 3.02. The highest BCUT2D eigenvalue weighted by Crippen LogP contribution is 2.28. The van der Waals surface area contributed by atoms with Gasteiger partial charge in [-0.05, 0) is 29.8 Å². The highest BCUT2D eigenvalue weighted by Gasteiger charge is 2.10. The third-order valence-electron chi connectivity index (χ3n) is 3.25. The Kier molecular flexibility index (Phi) is 6.81. The SMILES string of the molecule is COCOc1cc(Oc2ccc(CNC(=O)OC)cc2)cc(C(=O)O)c1. The Morgan fingerprint density at radius 2 is 1.69 bits per heavy atom. The summed E-state index contributed by atoms with van der Waals surface area (Å²) in [5.74, 6) is 0.0473. The zero-order chi connectivity index (χ0) is 18.9. The molecule has 2 aromatic carbocycles. The smallest absolute Gasteiger partial charge is 0.407 e. The van der Waals surface area contributed by atoms with E-state index in [-0.39, 0.29) is 12.4 Å². The number of hydrogen-bond acceptors (Lipinski definition) is 6. The van der Waals surface area contributed by atoms with Gasteiger partial charge in [-0.2, -0.15) is 0 Å². The minimum Gasteiger partial charge on any atom is -0.478 e. The van der Waals surface area contributed by atoms with Crippen LogP contribution >= 0.6 is 0 Å². The summed E-state index contributed by atoms with van der Waals surface area (Å²) in [4.78, 5) is 22.3. The van der Waals surface area contributed by atoms with Gasteiger partial charge in [0.2, 0.25) is 0 Å². The maximum atomic E-state index is 11.2. The number of rotatable bonds is 8. The van der Waals surface area contributed by atoms with Crippen LogP contribution in [0.15, 0.2) is 42.5 Å². The first-order valence-corrected chi connectivity index (χ1v) is 7.60. The van der Waals surface area contributed by atoms with E-state index in [0.717, 1.165) is 5.56 Å². The number of carbonyl (C=O) groups excluding carboxylic acids is 1. The van der Waals surface area contributed by atoms with Crippen molar-refractivity contribution in [3.8, 4) is 17.2 Å². The predicted molar refractivity (Wildman–Crippen MR) is 91.7 cm³/mol. The zero-order valence-corrected chi connectivity index (χ0v) is 14.4. The van der Waals surface area contributed by atoms with Gasteiger partial charge in [-0.25, -0.2) is 9.59 Å². The number of amides is 1. The zero-order valence-electron chi connectivity index (χ0n) is 14.4. The maximum absolute atomic E-state index is 11.2. The fourth-order valence-electron chi connectivity index (χ4n) is 2.02. The third-order valence-corrected chi connectivity index (χ3v) is 3.25. The lowest BCUT2D eigenvalue weighted by atomic mass is 10.2. The van der Waals surface area contributed by atoms with Gasteiger partial charge in [0.15, 0.2) is 6.79 Å². The van der Waals surface area contributed by atoms with Gasteiger partial charge in [-0.1, -0.05) is 12.1 Å². The van der Waals surface area contributed by atoms with Gasteiger partial charge >= 0.3 is 12.1 Å². The number of alkyl carbamates (subject to hydrolysis) is 1. The minimum atomic E-state index is -1.10. The first-order chi connectivity index (χ1) is 12.5. The van der Waals surface area contributed by atoms with Crippen LogP contribution in [0.2, 0.25) is 0 Å². The van der Waals surface area contributed by atoms with Crippen LogP contribution in [-0.2, 0) is 16.0 Å². The van der Waals surface area contributed by atoms with Crippen molar-refractivity contribution in [2.24, 2.45) is 0 Å². The van der Waals surface area contributed by atoms with Crippen molar-refractivity contribution in [2.75, 3.05) is 21.0 Å². The van der Waals surface area contributed by atoms with Crippen LogP contribution in [0.3, 0.4) is 0 Å². The van der Waals surface area contributed by atoms with Crippen molar-refractivity contribution in [3.63, 3.8) is 0 Å². The Morgan fingerprint density at radius 1 is 1.00 bits per heavy atom. The number of benzene rings is 2. The molecule has 0 radical (unpaired) electrons. The van der Waals surface area contributed by atoms with Crippen LogP contribution in [0, 0.1) is 0 Å². The van der Waals surface area contributed by atoms with Crippen molar-refractivity contribution >= 4 is 12.1 Å². The molecular weight excluding hydrogens is 342 g/mol. The van der Waals surface area contributed by atoms with Crippen LogP contribution in [-0.4, -0.2) is 38.2 Å². The third kappa shape index (κ3) is 5.67. The molecule has 0 aliphatic rings. The standard InChI is InChI=1S/C18H19NO7/c1-23-11-25-15-7-13(17(20)21)8-16(9-15)26-14-5-3-12(4-6-14)10-19-18(22)24-2/h3-9H,10-11H2,1-2H3,(H,19,22)(H,20,21). The Bertz CT molecular complexity index is 759. The Hall–Kier alpha value is -3.26. The number of ether oxygens (including phenoxy) is 4. The van der Waals surface area contributed by atoms with Crippen molar-refractivity contribution in [3.05, 3.63) is 53.6 Å². The van der Waals surface area contributed by atoms with Crippen molar-refractivity contribution < 1.29 is 33.6 Å². The molecule has 8 nitrogen and oxygen atoms in total. The molecule has 0 aliphatic heterocycles. The molecule has 8 heteroatoms. The first kappa shape index (κ1) is 19.1. The van der Waals surface area contributed by atoms with Crippen LogP contribution < -0.4 is 14.8 Å². The molecule has 0 aliphatic carbocycles. The quantitative estimate of drug-likeness (QED) is 0.697. The lowest BCUT2D eigenvalue weighted by Crippen LogP contribution is -2.22. The van der Waals surface area contributed by atoms with Crippen molar-refractivity contribution in [2.45, 2.75) is 6.54 Å². The topological polar surface area (TPSA) is 103 Å². The molecule has 2 aromatic rings. The van der Waals surface area contributed by atoms with E-state index in [4.69, 9.17) is 14.2 Å². The summed E-state index contributed by atoms with van der Waals surface area (Å²) in [5.41, 5.74) is 0.888. The number of aromatic carboxylic acids is 1. The van der Waals surface area contributed by atoms with Crippen molar-refractivity contribution in [1.29, 1.82) is 0 Å². The molecule has 0 saturated carbocycles. The summed E-state index contributed by atoms with van der Waals surface area (Å²) in [6.07, 6.45) is -0.514. The van der Waals surface area contributed by atoms with Crippen LogP contribution in [0.25, 0.3) is 0 Å². The highest BCUT2D eigenvalue weighted by atomic mass is 16.7. The summed E-state index contributed by atoms with van der Waals surface area (Å²) in [6, 6.07) is 11.3. The molecule has 0 saturated heterocycles. The van der Waals surface area contributed by atoms with Gasteiger partial charge in [-0.15, -0.1) is 0 Å². The Morgan fingerprint density at radius 3 is 2.31 bits per heavy atom. The average Bonchev–Trinajstić information content (AvgIpc) is 2.65. The second-order valence-corrected chi connectivity index (χ2v) is 5.14. The van der Waals surface area contributed by atoms with E-state index in [1.807, 2.05) is 0 Å². The fourth-order valence-corrected chi connectivity index (χ4v) is 2.02. The summed E-state index contributed by atoms with van der Waals surface area (Å²) in [6.45, 7) is 0.306. The molecule has 0 bridgehead atoms. The van der Waals surface area contributed by atoms with Gasteiger partial charge in [0.05, 0.1) is 12.7 Å². The molecule has 0 aromatic heterocycles. The highest BCUT2D eigenvalue weighted by molar-refractivity contribution is 5.88. The number of nitrogens with one attached hydrogen (secondary N) is 1. The lowest BCUT2D eigenvalue weighted by molar-refractivity contribution is 0.0506. The van der Waals surface area contributed by atoms with Gasteiger partial charge in [0.1, 0.15) is 17.2 Å². The summed E-state index contributed by atoms with van der Waals surface area (Å²) < 4.78 is 20.3. The van der Waals surface area contributed by atoms with Crippen molar-refractivity contribution in [1.82, 2.24) is 5.32 Å². The molecule has 0 atom stereocenters. The molecule has 0 fully saturated rings. The monoisotopic (exact) mass is 361 g/mol. The van der Waals surface area contributed by atoms with Gasteiger partial charge in [-0.3, -0.25) is 0 Å². The van der Waals surface area contributed by atoms with Crippen LogP contribution in [0.1, 0.15) is 15.9 Å². The summed E-state index contributed by atoms with van der Waals surface area (Å²) in [7, 11) is 2.76. The van der Waals surface area contributed by atoms with Crippen LogP contribution in [0.4, 0.5) is 4.79 Å².